The maximum Gasteiger partial charge on any atom is 0.0765 e. The molecule has 1 unspecified atom stereocenters. The summed E-state index contributed by atoms with van der Waals surface area (Å²) in [6.07, 6.45) is 1.16. The van der Waals surface area contributed by atoms with Crippen molar-refractivity contribution in [2.45, 2.75) is 19.4 Å². The van der Waals surface area contributed by atoms with E-state index >= 15 is 0 Å². The van der Waals surface area contributed by atoms with E-state index in [-0.39, 0.29) is 0 Å². The summed E-state index contributed by atoms with van der Waals surface area (Å²) in [7, 11) is 0. The smallest absolute Gasteiger partial charge is 0.0765 e. The van der Waals surface area contributed by atoms with Crippen molar-refractivity contribution in [2.75, 3.05) is 6.54 Å². The Morgan fingerprint density at radius 2 is 2.19 bits per heavy atom. The van der Waals surface area contributed by atoms with Crippen molar-refractivity contribution in [2.24, 2.45) is 0 Å². The SMILES string of the molecule is CCCNC(c1cccs1)c1ccc(Br)s1. The molecule has 16 heavy (non-hydrogen) atoms. The molecule has 0 aliphatic carbocycles. The number of thiophene rings is 2. The van der Waals surface area contributed by atoms with Gasteiger partial charge in [0.1, 0.15) is 0 Å². The zero-order valence-electron chi connectivity index (χ0n) is 9.07. The van der Waals surface area contributed by atoms with Crippen molar-refractivity contribution >= 4 is 38.6 Å². The van der Waals surface area contributed by atoms with Crippen LogP contribution >= 0.6 is 38.6 Å². The van der Waals surface area contributed by atoms with Gasteiger partial charge in [-0.25, -0.2) is 0 Å². The highest BCUT2D eigenvalue weighted by Gasteiger charge is 2.15. The summed E-state index contributed by atoms with van der Waals surface area (Å²) < 4.78 is 1.20. The molecule has 1 nitrogen and oxygen atoms in total. The van der Waals surface area contributed by atoms with Gasteiger partial charge in [0.25, 0.3) is 0 Å². The predicted octanol–water partition coefficient (Wildman–Crippen LogP) is 4.66. The van der Waals surface area contributed by atoms with Crippen LogP contribution in [0.25, 0.3) is 0 Å². The topological polar surface area (TPSA) is 12.0 Å². The monoisotopic (exact) mass is 315 g/mol. The number of hydrogen-bond donors (Lipinski definition) is 1. The van der Waals surface area contributed by atoms with E-state index in [0.29, 0.717) is 6.04 Å². The van der Waals surface area contributed by atoms with Crippen molar-refractivity contribution < 1.29 is 0 Å². The van der Waals surface area contributed by atoms with E-state index in [9.17, 15) is 0 Å². The van der Waals surface area contributed by atoms with Crippen LogP contribution in [-0.4, -0.2) is 6.54 Å². The highest BCUT2D eigenvalue weighted by molar-refractivity contribution is 9.11. The Bertz CT molecular complexity index is 422. The molecule has 0 aliphatic rings. The maximum atomic E-state index is 3.60. The Balaban J connectivity index is 2.21. The molecule has 86 valence electrons. The van der Waals surface area contributed by atoms with Crippen molar-refractivity contribution in [3.8, 4) is 0 Å². The van der Waals surface area contributed by atoms with Crippen molar-refractivity contribution in [3.05, 3.63) is 43.2 Å². The molecule has 1 atom stereocenters. The van der Waals surface area contributed by atoms with Gasteiger partial charge in [0.05, 0.1) is 9.83 Å². The van der Waals surface area contributed by atoms with E-state index in [4.69, 9.17) is 0 Å². The summed E-state index contributed by atoms with van der Waals surface area (Å²) >= 11 is 7.15. The lowest BCUT2D eigenvalue weighted by Crippen LogP contribution is -2.21. The lowest BCUT2D eigenvalue weighted by Gasteiger charge is -2.15. The molecule has 0 saturated heterocycles. The van der Waals surface area contributed by atoms with E-state index in [1.54, 1.807) is 11.3 Å². The Kier molecular flexibility index (Phi) is 4.58. The number of nitrogens with one attached hydrogen (secondary N) is 1. The predicted molar refractivity (Wildman–Crippen MR) is 76.5 cm³/mol. The lowest BCUT2D eigenvalue weighted by molar-refractivity contribution is 0.613. The zero-order valence-corrected chi connectivity index (χ0v) is 12.3. The van der Waals surface area contributed by atoms with Crippen LogP contribution in [0.15, 0.2) is 33.4 Å². The summed E-state index contributed by atoms with van der Waals surface area (Å²) in [6.45, 7) is 3.25. The first-order chi connectivity index (χ1) is 7.81. The normalized spacial score (nSPS) is 12.9. The Morgan fingerprint density at radius 3 is 2.75 bits per heavy atom. The van der Waals surface area contributed by atoms with Crippen LogP contribution in [-0.2, 0) is 0 Å². The number of hydrogen-bond acceptors (Lipinski definition) is 3. The third-order valence-electron chi connectivity index (χ3n) is 2.30. The van der Waals surface area contributed by atoms with Crippen LogP contribution in [0.2, 0.25) is 0 Å². The van der Waals surface area contributed by atoms with Gasteiger partial charge in [0.15, 0.2) is 0 Å². The molecule has 0 aromatic carbocycles. The average molecular weight is 316 g/mol. The van der Waals surface area contributed by atoms with Gasteiger partial charge in [-0.05, 0) is 52.5 Å². The van der Waals surface area contributed by atoms with Gasteiger partial charge in [-0.15, -0.1) is 22.7 Å². The second kappa shape index (κ2) is 5.96. The molecular weight excluding hydrogens is 302 g/mol. The van der Waals surface area contributed by atoms with Gasteiger partial charge in [0, 0.05) is 9.75 Å². The van der Waals surface area contributed by atoms with Crippen LogP contribution in [0.4, 0.5) is 0 Å². The molecule has 0 amide bonds. The zero-order chi connectivity index (χ0) is 11.4. The van der Waals surface area contributed by atoms with E-state index < -0.39 is 0 Å². The van der Waals surface area contributed by atoms with Gasteiger partial charge < -0.3 is 5.32 Å². The maximum absolute atomic E-state index is 3.60. The minimum atomic E-state index is 0.358. The second-order valence-electron chi connectivity index (χ2n) is 3.54. The molecule has 0 aliphatic heterocycles. The van der Waals surface area contributed by atoms with E-state index in [1.807, 2.05) is 11.3 Å². The number of halogens is 1. The van der Waals surface area contributed by atoms with Crippen LogP contribution < -0.4 is 5.32 Å². The summed E-state index contributed by atoms with van der Waals surface area (Å²) in [5.41, 5.74) is 0. The third-order valence-corrected chi connectivity index (χ3v) is 4.93. The van der Waals surface area contributed by atoms with Crippen LogP contribution in [0.1, 0.15) is 29.1 Å². The van der Waals surface area contributed by atoms with Crippen molar-refractivity contribution in [1.29, 1.82) is 0 Å². The van der Waals surface area contributed by atoms with Crippen LogP contribution in [0.5, 0.6) is 0 Å². The molecule has 0 fully saturated rings. The summed E-state index contributed by atoms with van der Waals surface area (Å²) in [6, 6.07) is 8.99. The summed E-state index contributed by atoms with van der Waals surface area (Å²) in [4.78, 5) is 2.77. The lowest BCUT2D eigenvalue weighted by atomic mass is 10.2. The van der Waals surface area contributed by atoms with Gasteiger partial charge in [-0.2, -0.15) is 0 Å². The molecule has 2 heterocycles. The quantitative estimate of drug-likeness (QED) is 0.846. The minimum Gasteiger partial charge on any atom is -0.305 e. The molecule has 2 aromatic rings. The molecule has 0 radical (unpaired) electrons. The van der Waals surface area contributed by atoms with Crippen LogP contribution in [0, 0.1) is 0 Å². The molecule has 0 spiro atoms. The van der Waals surface area contributed by atoms with Gasteiger partial charge in [0.2, 0.25) is 0 Å². The minimum absolute atomic E-state index is 0.358. The summed E-state index contributed by atoms with van der Waals surface area (Å²) in [5, 5.41) is 5.74. The van der Waals surface area contributed by atoms with Crippen molar-refractivity contribution in [3.63, 3.8) is 0 Å². The average Bonchev–Trinajstić information content (AvgIpc) is 2.91. The van der Waals surface area contributed by atoms with Crippen molar-refractivity contribution in [1.82, 2.24) is 5.32 Å². The molecule has 4 heteroatoms. The fourth-order valence-corrected chi connectivity index (χ4v) is 3.98. The Hall–Kier alpha value is -0.160. The van der Waals surface area contributed by atoms with Crippen LogP contribution in [0.3, 0.4) is 0 Å². The molecular formula is C12H14BrNS2. The third kappa shape index (κ3) is 2.94. The highest BCUT2D eigenvalue weighted by atomic mass is 79.9. The molecule has 2 aromatic heterocycles. The highest BCUT2D eigenvalue weighted by Crippen LogP contribution is 2.33. The Labute approximate surface area is 113 Å². The van der Waals surface area contributed by atoms with Gasteiger partial charge >= 0.3 is 0 Å². The van der Waals surface area contributed by atoms with E-state index in [2.05, 4.69) is 57.8 Å². The molecule has 1 N–H and O–H groups in total. The van der Waals surface area contributed by atoms with E-state index in [0.717, 1.165) is 13.0 Å². The molecule has 0 saturated carbocycles. The van der Waals surface area contributed by atoms with Gasteiger partial charge in [-0.3, -0.25) is 0 Å². The van der Waals surface area contributed by atoms with E-state index in [1.165, 1.54) is 13.5 Å². The molecule has 2 rings (SSSR count). The Morgan fingerprint density at radius 1 is 1.31 bits per heavy atom. The first-order valence-electron chi connectivity index (χ1n) is 5.33. The first kappa shape index (κ1) is 12.3. The second-order valence-corrected chi connectivity index (χ2v) is 7.02. The fraction of sp³-hybridized carbons (Fsp3) is 0.333. The first-order valence-corrected chi connectivity index (χ1v) is 7.82. The fourth-order valence-electron chi connectivity index (χ4n) is 1.57. The van der Waals surface area contributed by atoms with Gasteiger partial charge in [-0.1, -0.05) is 13.0 Å². The largest absolute Gasteiger partial charge is 0.305 e. The molecule has 0 bridgehead atoms. The number of rotatable bonds is 5. The summed E-state index contributed by atoms with van der Waals surface area (Å²) in [5.74, 6) is 0. The standard InChI is InChI=1S/C12H14BrNS2/c1-2-7-14-12(9-4-3-8-15-9)10-5-6-11(13)16-10/h3-6,8,12,14H,2,7H2,1H3.